The van der Waals surface area contributed by atoms with Crippen LogP contribution in [0.1, 0.15) is 44.6 Å². The summed E-state index contributed by atoms with van der Waals surface area (Å²) in [6, 6.07) is 9.36. The quantitative estimate of drug-likeness (QED) is 0.661. The van der Waals surface area contributed by atoms with Crippen LogP contribution in [-0.4, -0.2) is 50.1 Å². The largest absolute Gasteiger partial charge is 0.497 e. The van der Waals surface area contributed by atoms with Crippen molar-refractivity contribution in [3.63, 3.8) is 0 Å². The molecule has 0 heterocycles. The van der Waals surface area contributed by atoms with Crippen LogP contribution in [-0.2, 0) is 5.54 Å². The molecule has 3 nitrogen and oxygen atoms in total. The van der Waals surface area contributed by atoms with Crippen molar-refractivity contribution in [3.8, 4) is 5.75 Å². The molecular weight excluding hydrogens is 296 g/mol. The molecule has 1 aromatic rings. The Labute approximate surface area is 148 Å². The number of hydrogen-bond donors (Lipinski definition) is 0. The van der Waals surface area contributed by atoms with Crippen LogP contribution in [0.25, 0.3) is 0 Å². The molecule has 1 aliphatic carbocycles. The van der Waals surface area contributed by atoms with Crippen molar-refractivity contribution >= 4 is 0 Å². The van der Waals surface area contributed by atoms with Gasteiger partial charge in [0.25, 0.3) is 0 Å². The fourth-order valence-corrected chi connectivity index (χ4v) is 4.22. The third-order valence-electron chi connectivity index (χ3n) is 5.66. The second kappa shape index (κ2) is 8.68. The standard InChI is InChI=1S/C21H34N2O/c1-6-16-23(17-7-2)19-12-14-21(15-13-19,22(3)4)18-8-10-20(24-5)11-9-18/h6,8-11,19H,1,7,12-17H2,2-5H3. The Bertz CT molecular complexity index is 501. The fourth-order valence-electron chi connectivity index (χ4n) is 4.22. The van der Waals surface area contributed by atoms with Crippen molar-refractivity contribution in [2.24, 2.45) is 0 Å². The van der Waals surface area contributed by atoms with Gasteiger partial charge in [-0.15, -0.1) is 6.58 Å². The minimum Gasteiger partial charge on any atom is -0.497 e. The molecule has 2 rings (SSSR count). The number of hydrogen-bond acceptors (Lipinski definition) is 3. The molecular formula is C21H34N2O. The van der Waals surface area contributed by atoms with Crippen LogP contribution in [0.3, 0.4) is 0 Å². The molecule has 0 atom stereocenters. The molecule has 0 bridgehead atoms. The molecule has 0 aromatic heterocycles. The number of benzene rings is 1. The van der Waals surface area contributed by atoms with Gasteiger partial charge in [0.05, 0.1) is 7.11 Å². The molecule has 0 unspecified atom stereocenters. The Morgan fingerprint density at radius 3 is 2.29 bits per heavy atom. The second-order valence-corrected chi connectivity index (χ2v) is 7.17. The van der Waals surface area contributed by atoms with Gasteiger partial charge in [-0.2, -0.15) is 0 Å². The molecule has 24 heavy (non-hydrogen) atoms. The van der Waals surface area contributed by atoms with Crippen molar-refractivity contribution < 1.29 is 4.74 Å². The molecule has 134 valence electrons. The lowest BCUT2D eigenvalue weighted by Gasteiger charge is -2.47. The molecule has 1 aliphatic rings. The molecule has 0 N–H and O–H groups in total. The van der Waals surface area contributed by atoms with Crippen LogP contribution < -0.4 is 4.74 Å². The summed E-state index contributed by atoms with van der Waals surface area (Å²) in [7, 11) is 6.17. The van der Waals surface area contributed by atoms with E-state index in [9.17, 15) is 0 Å². The van der Waals surface area contributed by atoms with E-state index in [0.717, 1.165) is 12.3 Å². The zero-order chi connectivity index (χ0) is 17.6. The maximum atomic E-state index is 5.32. The van der Waals surface area contributed by atoms with Gasteiger partial charge in [-0.3, -0.25) is 9.80 Å². The highest BCUT2D eigenvalue weighted by Gasteiger charge is 2.39. The van der Waals surface area contributed by atoms with Gasteiger partial charge in [0.15, 0.2) is 0 Å². The summed E-state index contributed by atoms with van der Waals surface area (Å²) in [5, 5.41) is 0. The zero-order valence-corrected chi connectivity index (χ0v) is 15.9. The Balaban J connectivity index is 2.14. The summed E-state index contributed by atoms with van der Waals surface area (Å²) in [5.41, 5.74) is 1.56. The summed E-state index contributed by atoms with van der Waals surface area (Å²) >= 11 is 0. The smallest absolute Gasteiger partial charge is 0.118 e. The first-order chi connectivity index (χ1) is 11.6. The average molecular weight is 331 g/mol. The maximum absolute atomic E-state index is 5.32. The fraction of sp³-hybridized carbons (Fsp3) is 0.619. The second-order valence-electron chi connectivity index (χ2n) is 7.17. The summed E-state index contributed by atoms with van der Waals surface area (Å²) < 4.78 is 5.32. The highest BCUT2D eigenvalue weighted by Crippen LogP contribution is 2.42. The summed E-state index contributed by atoms with van der Waals surface area (Å²) in [6.45, 7) is 8.39. The first-order valence-corrected chi connectivity index (χ1v) is 9.24. The number of rotatable bonds is 8. The summed E-state index contributed by atoms with van der Waals surface area (Å²) in [5.74, 6) is 0.932. The first-order valence-electron chi connectivity index (χ1n) is 9.24. The van der Waals surface area contributed by atoms with E-state index in [4.69, 9.17) is 4.74 Å². The Kier molecular flexibility index (Phi) is 6.88. The SMILES string of the molecule is C=CCN(CCC)C1CCC(c2ccc(OC)cc2)(N(C)C)CC1. The Morgan fingerprint density at radius 2 is 1.83 bits per heavy atom. The van der Waals surface area contributed by atoms with E-state index >= 15 is 0 Å². The lowest BCUT2D eigenvalue weighted by molar-refractivity contribution is 0.0528. The van der Waals surface area contributed by atoms with Gasteiger partial charge in [0, 0.05) is 18.1 Å². The molecule has 0 spiro atoms. The number of methoxy groups -OCH3 is 1. The van der Waals surface area contributed by atoms with Gasteiger partial charge < -0.3 is 4.74 Å². The summed E-state index contributed by atoms with van der Waals surface area (Å²) in [6.07, 6.45) is 8.16. The maximum Gasteiger partial charge on any atom is 0.118 e. The normalized spacial score (nSPS) is 24.3. The van der Waals surface area contributed by atoms with Gasteiger partial charge in [-0.05, 0) is 70.4 Å². The van der Waals surface area contributed by atoms with E-state index in [1.54, 1.807) is 7.11 Å². The van der Waals surface area contributed by atoms with E-state index in [1.165, 1.54) is 44.2 Å². The monoisotopic (exact) mass is 330 g/mol. The van der Waals surface area contributed by atoms with E-state index < -0.39 is 0 Å². The minimum atomic E-state index is 0.148. The average Bonchev–Trinajstić information content (AvgIpc) is 2.61. The van der Waals surface area contributed by atoms with Gasteiger partial charge in [-0.1, -0.05) is 25.1 Å². The van der Waals surface area contributed by atoms with Crippen molar-refractivity contribution in [1.82, 2.24) is 9.80 Å². The van der Waals surface area contributed by atoms with Crippen molar-refractivity contribution in [2.45, 2.75) is 50.6 Å². The van der Waals surface area contributed by atoms with E-state index in [2.05, 4.69) is 61.7 Å². The molecule has 0 aliphatic heterocycles. The van der Waals surface area contributed by atoms with Crippen molar-refractivity contribution in [3.05, 3.63) is 42.5 Å². The Morgan fingerprint density at radius 1 is 1.21 bits per heavy atom. The van der Waals surface area contributed by atoms with Gasteiger partial charge >= 0.3 is 0 Å². The third kappa shape index (κ3) is 4.01. The molecule has 0 saturated heterocycles. The third-order valence-corrected chi connectivity index (χ3v) is 5.66. The van der Waals surface area contributed by atoms with Crippen LogP contribution in [0.4, 0.5) is 0 Å². The van der Waals surface area contributed by atoms with Gasteiger partial charge in [-0.25, -0.2) is 0 Å². The molecule has 1 saturated carbocycles. The Hall–Kier alpha value is -1.32. The van der Waals surface area contributed by atoms with Crippen LogP contribution in [0, 0.1) is 0 Å². The van der Waals surface area contributed by atoms with Crippen molar-refractivity contribution in [1.29, 1.82) is 0 Å². The van der Waals surface area contributed by atoms with Gasteiger partial charge in [0.1, 0.15) is 5.75 Å². The first kappa shape index (κ1) is 19.0. The highest BCUT2D eigenvalue weighted by molar-refractivity contribution is 5.32. The van der Waals surface area contributed by atoms with Crippen LogP contribution in [0.2, 0.25) is 0 Å². The topological polar surface area (TPSA) is 15.7 Å². The molecule has 3 heteroatoms. The minimum absolute atomic E-state index is 0.148. The lowest BCUT2D eigenvalue weighted by atomic mass is 9.73. The predicted octanol–water partition coefficient (Wildman–Crippen LogP) is 4.29. The molecule has 1 fully saturated rings. The zero-order valence-electron chi connectivity index (χ0n) is 15.9. The molecule has 0 radical (unpaired) electrons. The van der Waals surface area contributed by atoms with E-state index in [1.807, 2.05) is 6.08 Å². The number of ether oxygens (including phenoxy) is 1. The molecule has 1 aromatic carbocycles. The molecule has 0 amide bonds. The lowest BCUT2D eigenvalue weighted by Crippen LogP contribution is -2.49. The van der Waals surface area contributed by atoms with Crippen LogP contribution >= 0.6 is 0 Å². The van der Waals surface area contributed by atoms with E-state index in [0.29, 0.717) is 6.04 Å². The van der Waals surface area contributed by atoms with Crippen molar-refractivity contribution in [2.75, 3.05) is 34.3 Å². The predicted molar refractivity (Wildman–Crippen MR) is 103 cm³/mol. The van der Waals surface area contributed by atoms with Crippen LogP contribution in [0.5, 0.6) is 5.75 Å². The number of nitrogens with zero attached hydrogens (tertiary/aromatic N) is 2. The van der Waals surface area contributed by atoms with E-state index in [-0.39, 0.29) is 5.54 Å². The van der Waals surface area contributed by atoms with Gasteiger partial charge in [0.2, 0.25) is 0 Å². The van der Waals surface area contributed by atoms with Crippen LogP contribution in [0.15, 0.2) is 36.9 Å². The highest BCUT2D eigenvalue weighted by atomic mass is 16.5. The summed E-state index contributed by atoms with van der Waals surface area (Å²) in [4.78, 5) is 5.03.